The van der Waals surface area contributed by atoms with Crippen molar-refractivity contribution < 1.29 is 28.6 Å². The van der Waals surface area contributed by atoms with Crippen LogP contribution in [0.2, 0.25) is 0 Å². The van der Waals surface area contributed by atoms with Crippen LogP contribution in [0.4, 0.5) is 0 Å². The van der Waals surface area contributed by atoms with E-state index >= 15 is 0 Å². The van der Waals surface area contributed by atoms with E-state index in [-0.39, 0.29) is 31.1 Å². The van der Waals surface area contributed by atoms with Gasteiger partial charge in [0.15, 0.2) is 6.10 Å². The zero-order valence-corrected chi connectivity index (χ0v) is 43.0. The van der Waals surface area contributed by atoms with Crippen LogP contribution in [0.15, 0.2) is 60.8 Å². The topological polar surface area (TPSA) is 78.9 Å². The second-order valence-corrected chi connectivity index (χ2v) is 18.5. The van der Waals surface area contributed by atoms with Crippen molar-refractivity contribution in [2.75, 3.05) is 13.2 Å². The van der Waals surface area contributed by atoms with Gasteiger partial charge >= 0.3 is 17.9 Å². The van der Waals surface area contributed by atoms with Crippen molar-refractivity contribution in [3.8, 4) is 0 Å². The fourth-order valence-corrected chi connectivity index (χ4v) is 7.79. The number of carbonyl (C=O) groups excluding carboxylic acids is 3. The zero-order valence-electron chi connectivity index (χ0n) is 43.0. The van der Waals surface area contributed by atoms with Gasteiger partial charge in [-0.1, -0.05) is 223 Å². The van der Waals surface area contributed by atoms with Gasteiger partial charge in [0.05, 0.1) is 0 Å². The second kappa shape index (κ2) is 53.7. The lowest BCUT2D eigenvalue weighted by molar-refractivity contribution is -0.167. The molecule has 0 aromatic heterocycles. The van der Waals surface area contributed by atoms with E-state index in [1.165, 1.54) is 148 Å². The molecule has 0 aromatic carbocycles. The quantitative estimate of drug-likeness (QED) is 0.0262. The summed E-state index contributed by atoms with van der Waals surface area (Å²) in [5.74, 6) is -0.896. The summed E-state index contributed by atoms with van der Waals surface area (Å²) in [6.07, 6.45) is 66.4. The highest BCUT2D eigenvalue weighted by Crippen LogP contribution is 2.15. The highest BCUT2D eigenvalue weighted by molar-refractivity contribution is 5.71. The number of hydrogen-bond donors (Lipinski definition) is 0. The Hall–Kier alpha value is -2.89. The van der Waals surface area contributed by atoms with Crippen LogP contribution >= 0.6 is 0 Å². The Labute approximate surface area is 402 Å². The molecule has 0 aromatic rings. The van der Waals surface area contributed by atoms with Gasteiger partial charge in [-0.15, -0.1) is 0 Å². The summed E-state index contributed by atoms with van der Waals surface area (Å²) in [6.45, 7) is 6.49. The Balaban J connectivity index is 4.34. The third-order valence-electron chi connectivity index (χ3n) is 12.0. The molecule has 0 saturated carbocycles. The van der Waals surface area contributed by atoms with Gasteiger partial charge in [-0.25, -0.2) is 0 Å². The molecule has 0 aliphatic carbocycles. The summed E-state index contributed by atoms with van der Waals surface area (Å²) in [7, 11) is 0. The average Bonchev–Trinajstić information content (AvgIpc) is 3.30. The fraction of sp³-hybridized carbons (Fsp3) is 0.780. The lowest BCUT2D eigenvalue weighted by Gasteiger charge is -2.18. The molecular formula is C59H104O6. The molecule has 376 valence electrons. The summed E-state index contributed by atoms with van der Waals surface area (Å²) in [5.41, 5.74) is 0. The molecule has 0 N–H and O–H groups in total. The Morgan fingerprint density at radius 2 is 0.615 bits per heavy atom. The van der Waals surface area contributed by atoms with Gasteiger partial charge in [0.25, 0.3) is 0 Å². The highest BCUT2D eigenvalue weighted by atomic mass is 16.6. The predicted molar refractivity (Wildman–Crippen MR) is 279 cm³/mol. The summed E-state index contributed by atoms with van der Waals surface area (Å²) in [4.78, 5) is 38.1. The van der Waals surface area contributed by atoms with Crippen LogP contribution in [0.5, 0.6) is 0 Å². The largest absolute Gasteiger partial charge is 0.462 e. The SMILES string of the molecule is CC/C=C\C/C=C\C/C=C\CCCCCCCCCC(=O)OC(COC(=O)CCCCCCC/C=C\CCCC)COC(=O)CCCCCCCCCCC/C=C\CCCCCCCC. The normalized spacial score (nSPS) is 12.5. The standard InChI is InChI=1S/C59H104O6/c1-4-7-10-13-16-19-22-24-26-28-29-31-32-34-37-40-43-46-49-52-58(61)64-55-56(54-63-57(60)51-48-45-42-39-36-21-18-15-12-9-6-3)65-59(62)53-50-47-44-41-38-35-33-30-27-25-23-20-17-14-11-8-5-2/h8,11,15,17-18,20,24-27,56H,4-7,9-10,12-14,16,19,21-23,28-55H2,1-3H3/b11-8-,18-15-,20-17-,26-24-,27-25-. The number of rotatable bonds is 50. The van der Waals surface area contributed by atoms with E-state index in [1.54, 1.807) is 0 Å². The Morgan fingerprint density at radius 3 is 1.00 bits per heavy atom. The van der Waals surface area contributed by atoms with Crippen molar-refractivity contribution in [2.45, 2.75) is 284 Å². The van der Waals surface area contributed by atoms with Crippen LogP contribution in [0.1, 0.15) is 278 Å². The van der Waals surface area contributed by atoms with E-state index in [0.717, 1.165) is 89.9 Å². The molecule has 6 heteroatoms. The van der Waals surface area contributed by atoms with E-state index in [2.05, 4.69) is 81.5 Å². The number of esters is 3. The smallest absolute Gasteiger partial charge is 0.306 e. The molecule has 0 spiro atoms. The molecule has 0 aliphatic rings. The van der Waals surface area contributed by atoms with Crippen molar-refractivity contribution >= 4 is 17.9 Å². The third-order valence-corrected chi connectivity index (χ3v) is 12.0. The van der Waals surface area contributed by atoms with Crippen molar-refractivity contribution in [3.63, 3.8) is 0 Å². The Kier molecular flexibility index (Phi) is 51.3. The third kappa shape index (κ3) is 51.9. The first-order valence-corrected chi connectivity index (χ1v) is 27.8. The molecule has 0 bridgehead atoms. The molecule has 1 atom stereocenters. The van der Waals surface area contributed by atoms with E-state index in [4.69, 9.17) is 14.2 Å². The average molecular weight is 909 g/mol. The molecule has 65 heavy (non-hydrogen) atoms. The van der Waals surface area contributed by atoms with Crippen LogP contribution in [0.25, 0.3) is 0 Å². The molecule has 0 fully saturated rings. The molecule has 0 saturated heterocycles. The van der Waals surface area contributed by atoms with Gasteiger partial charge in [-0.05, 0) is 96.3 Å². The number of ether oxygens (including phenoxy) is 3. The van der Waals surface area contributed by atoms with E-state index < -0.39 is 6.10 Å². The van der Waals surface area contributed by atoms with Crippen LogP contribution in [-0.2, 0) is 28.6 Å². The summed E-state index contributed by atoms with van der Waals surface area (Å²) < 4.78 is 16.8. The first-order valence-electron chi connectivity index (χ1n) is 27.8. The molecule has 0 heterocycles. The minimum Gasteiger partial charge on any atom is -0.462 e. The van der Waals surface area contributed by atoms with Gasteiger partial charge in [0, 0.05) is 19.3 Å². The van der Waals surface area contributed by atoms with Crippen molar-refractivity contribution in [3.05, 3.63) is 60.8 Å². The Bertz CT molecular complexity index is 1180. The van der Waals surface area contributed by atoms with Crippen LogP contribution in [-0.4, -0.2) is 37.2 Å². The van der Waals surface area contributed by atoms with Crippen LogP contribution in [0, 0.1) is 0 Å². The number of hydrogen-bond acceptors (Lipinski definition) is 6. The molecular weight excluding hydrogens is 805 g/mol. The predicted octanol–water partition coefficient (Wildman–Crippen LogP) is 18.4. The molecule has 0 rings (SSSR count). The number of unbranched alkanes of at least 4 members (excludes halogenated alkanes) is 29. The van der Waals surface area contributed by atoms with Gasteiger partial charge < -0.3 is 14.2 Å². The van der Waals surface area contributed by atoms with E-state index in [1.807, 2.05) is 0 Å². The molecule has 1 unspecified atom stereocenters. The lowest BCUT2D eigenvalue weighted by Crippen LogP contribution is -2.30. The minimum absolute atomic E-state index is 0.0812. The highest BCUT2D eigenvalue weighted by Gasteiger charge is 2.19. The second-order valence-electron chi connectivity index (χ2n) is 18.5. The van der Waals surface area contributed by atoms with Crippen molar-refractivity contribution in [1.29, 1.82) is 0 Å². The fourth-order valence-electron chi connectivity index (χ4n) is 7.79. The summed E-state index contributed by atoms with van der Waals surface area (Å²) in [5, 5.41) is 0. The lowest BCUT2D eigenvalue weighted by atomic mass is 10.1. The van der Waals surface area contributed by atoms with Gasteiger partial charge in [-0.2, -0.15) is 0 Å². The number of carbonyl (C=O) groups is 3. The van der Waals surface area contributed by atoms with Crippen molar-refractivity contribution in [1.82, 2.24) is 0 Å². The van der Waals surface area contributed by atoms with Gasteiger partial charge in [-0.3, -0.25) is 14.4 Å². The first-order chi connectivity index (χ1) is 32.0. The van der Waals surface area contributed by atoms with E-state index in [0.29, 0.717) is 19.3 Å². The van der Waals surface area contributed by atoms with Crippen molar-refractivity contribution in [2.24, 2.45) is 0 Å². The molecule has 0 radical (unpaired) electrons. The van der Waals surface area contributed by atoms with Gasteiger partial charge in [0.1, 0.15) is 13.2 Å². The minimum atomic E-state index is -0.782. The van der Waals surface area contributed by atoms with Crippen LogP contribution in [0.3, 0.4) is 0 Å². The summed E-state index contributed by atoms with van der Waals surface area (Å²) >= 11 is 0. The summed E-state index contributed by atoms with van der Waals surface area (Å²) in [6, 6.07) is 0. The van der Waals surface area contributed by atoms with Gasteiger partial charge in [0.2, 0.25) is 0 Å². The monoisotopic (exact) mass is 909 g/mol. The molecule has 0 aliphatic heterocycles. The number of allylic oxidation sites excluding steroid dienone is 10. The first kappa shape index (κ1) is 62.1. The molecule has 6 nitrogen and oxygen atoms in total. The maximum atomic E-state index is 12.8. The van der Waals surface area contributed by atoms with E-state index in [9.17, 15) is 14.4 Å². The van der Waals surface area contributed by atoms with Crippen LogP contribution < -0.4 is 0 Å². The maximum Gasteiger partial charge on any atom is 0.306 e. The maximum absolute atomic E-state index is 12.8. The Morgan fingerprint density at radius 1 is 0.323 bits per heavy atom. The zero-order chi connectivity index (χ0) is 47.2. The molecule has 0 amide bonds.